The van der Waals surface area contributed by atoms with Gasteiger partial charge in [0.05, 0.1) is 0 Å². The fourth-order valence-corrected chi connectivity index (χ4v) is 3.75. The van der Waals surface area contributed by atoms with Gasteiger partial charge in [-0.3, -0.25) is 0 Å². The van der Waals surface area contributed by atoms with E-state index in [9.17, 15) is 8.78 Å². The molecule has 1 aliphatic rings. The van der Waals surface area contributed by atoms with E-state index in [2.05, 4.69) is 19.2 Å². The molecule has 118 valence electrons. The van der Waals surface area contributed by atoms with Crippen LogP contribution in [-0.2, 0) is 0 Å². The molecule has 0 spiro atoms. The third-order valence-corrected chi connectivity index (χ3v) is 4.78. The molecule has 3 heteroatoms. The van der Waals surface area contributed by atoms with E-state index in [0.717, 1.165) is 37.4 Å². The van der Waals surface area contributed by atoms with Crippen LogP contribution in [0.2, 0.25) is 0 Å². The van der Waals surface area contributed by atoms with Crippen LogP contribution in [0.1, 0.15) is 64.0 Å². The van der Waals surface area contributed by atoms with Crippen LogP contribution in [0.25, 0.3) is 0 Å². The molecule has 1 fully saturated rings. The smallest absolute Gasteiger partial charge is 0.126 e. The summed E-state index contributed by atoms with van der Waals surface area (Å²) in [6.45, 7) is 5.23. The number of rotatable bonds is 6. The molecular weight excluding hydrogens is 268 g/mol. The van der Waals surface area contributed by atoms with Crippen molar-refractivity contribution in [1.29, 1.82) is 0 Å². The van der Waals surface area contributed by atoms with Crippen molar-refractivity contribution in [1.82, 2.24) is 5.32 Å². The van der Waals surface area contributed by atoms with E-state index in [1.165, 1.54) is 31.4 Å². The maximum Gasteiger partial charge on any atom is 0.126 e. The average molecular weight is 295 g/mol. The Balaban J connectivity index is 2.27. The molecule has 0 radical (unpaired) electrons. The summed E-state index contributed by atoms with van der Waals surface area (Å²) >= 11 is 0. The molecular formula is C18H27F2N. The van der Waals surface area contributed by atoms with E-state index in [0.29, 0.717) is 11.8 Å². The zero-order valence-electron chi connectivity index (χ0n) is 13.2. The maximum atomic E-state index is 13.6. The highest BCUT2D eigenvalue weighted by Gasteiger charge is 2.31. The fourth-order valence-electron chi connectivity index (χ4n) is 3.75. The molecule has 1 nitrogen and oxygen atoms in total. The average Bonchev–Trinajstić information content (AvgIpc) is 2.47. The lowest BCUT2D eigenvalue weighted by Gasteiger charge is -2.37. The van der Waals surface area contributed by atoms with Gasteiger partial charge in [0, 0.05) is 12.1 Å². The van der Waals surface area contributed by atoms with E-state index in [1.807, 2.05) is 0 Å². The van der Waals surface area contributed by atoms with Gasteiger partial charge in [-0.1, -0.05) is 39.5 Å². The van der Waals surface area contributed by atoms with Gasteiger partial charge >= 0.3 is 0 Å². The molecule has 0 bridgehead atoms. The quantitative estimate of drug-likeness (QED) is 0.758. The van der Waals surface area contributed by atoms with Crippen LogP contribution in [0.4, 0.5) is 8.78 Å². The Morgan fingerprint density at radius 3 is 2.38 bits per heavy atom. The van der Waals surface area contributed by atoms with E-state index in [1.54, 1.807) is 0 Å². The van der Waals surface area contributed by atoms with Crippen LogP contribution in [0.15, 0.2) is 18.2 Å². The summed E-state index contributed by atoms with van der Waals surface area (Å²) in [4.78, 5) is 0. The SMILES string of the molecule is CCCNC(c1cc(F)cc(F)c1)C1CCCCC1CC. The summed E-state index contributed by atoms with van der Waals surface area (Å²) in [6.07, 6.45) is 7.07. The predicted octanol–water partition coefficient (Wildman–Crippen LogP) is 5.22. The first-order valence-corrected chi connectivity index (χ1v) is 8.35. The van der Waals surface area contributed by atoms with Gasteiger partial charge in [-0.15, -0.1) is 0 Å². The number of nitrogens with one attached hydrogen (secondary N) is 1. The largest absolute Gasteiger partial charge is 0.310 e. The molecule has 1 saturated carbocycles. The third kappa shape index (κ3) is 4.26. The Morgan fingerprint density at radius 2 is 1.76 bits per heavy atom. The second kappa shape index (κ2) is 7.88. The summed E-state index contributed by atoms with van der Waals surface area (Å²) in [7, 11) is 0. The molecule has 0 amide bonds. The molecule has 21 heavy (non-hydrogen) atoms. The van der Waals surface area contributed by atoms with Gasteiger partial charge in [0.1, 0.15) is 11.6 Å². The fraction of sp³-hybridized carbons (Fsp3) is 0.667. The number of halogens is 2. The normalized spacial score (nSPS) is 24.0. The van der Waals surface area contributed by atoms with Crippen molar-refractivity contribution in [3.05, 3.63) is 35.4 Å². The van der Waals surface area contributed by atoms with Crippen molar-refractivity contribution in [2.75, 3.05) is 6.54 Å². The second-order valence-electron chi connectivity index (χ2n) is 6.25. The van der Waals surface area contributed by atoms with Gasteiger partial charge in [-0.2, -0.15) is 0 Å². The Hall–Kier alpha value is -0.960. The highest BCUT2D eigenvalue weighted by Crippen LogP contribution is 2.40. The lowest BCUT2D eigenvalue weighted by molar-refractivity contribution is 0.175. The molecule has 3 unspecified atom stereocenters. The summed E-state index contributed by atoms with van der Waals surface area (Å²) in [5.41, 5.74) is 0.770. The van der Waals surface area contributed by atoms with E-state index < -0.39 is 11.6 Å². The molecule has 1 aromatic carbocycles. The predicted molar refractivity (Wildman–Crippen MR) is 83.1 cm³/mol. The maximum absolute atomic E-state index is 13.6. The number of hydrogen-bond donors (Lipinski definition) is 1. The summed E-state index contributed by atoms with van der Waals surface area (Å²) in [5.74, 6) is 0.185. The van der Waals surface area contributed by atoms with Gasteiger partial charge in [-0.05, 0) is 48.9 Å². The highest BCUT2D eigenvalue weighted by atomic mass is 19.1. The van der Waals surface area contributed by atoms with Crippen molar-refractivity contribution >= 4 is 0 Å². The van der Waals surface area contributed by atoms with Crippen molar-refractivity contribution in [3.63, 3.8) is 0 Å². The van der Waals surface area contributed by atoms with Crippen LogP contribution in [0.3, 0.4) is 0 Å². The van der Waals surface area contributed by atoms with Crippen LogP contribution in [0, 0.1) is 23.5 Å². The molecule has 1 aliphatic carbocycles. The Kier molecular flexibility index (Phi) is 6.16. The van der Waals surface area contributed by atoms with Crippen molar-refractivity contribution in [2.24, 2.45) is 11.8 Å². The molecule has 3 atom stereocenters. The van der Waals surface area contributed by atoms with Crippen molar-refractivity contribution in [2.45, 2.75) is 58.4 Å². The molecule has 0 heterocycles. The van der Waals surface area contributed by atoms with E-state index in [4.69, 9.17) is 0 Å². The zero-order valence-corrected chi connectivity index (χ0v) is 13.2. The van der Waals surface area contributed by atoms with Crippen LogP contribution in [0.5, 0.6) is 0 Å². The molecule has 2 rings (SSSR count). The Labute approximate surface area is 127 Å². The molecule has 0 aliphatic heterocycles. The highest BCUT2D eigenvalue weighted by molar-refractivity contribution is 5.22. The van der Waals surface area contributed by atoms with Crippen molar-refractivity contribution < 1.29 is 8.78 Å². The lowest BCUT2D eigenvalue weighted by Crippen LogP contribution is -2.35. The van der Waals surface area contributed by atoms with Crippen LogP contribution < -0.4 is 5.32 Å². The van der Waals surface area contributed by atoms with Gasteiger partial charge in [0.25, 0.3) is 0 Å². The van der Waals surface area contributed by atoms with Crippen LogP contribution >= 0.6 is 0 Å². The minimum Gasteiger partial charge on any atom is -0.310 e. The summed E-state index contributed by atoms with van der Waals surface area (Å²) < 4.78 is 27.2. The van der Waals surface area contributed by atoms with Crippen molar-refractivity contribution in [3.8, 4) is 0 Å². The first-order valence-electron chi connectivity index (χ1n) is 8.35. The Morgan fingerprint density at radius 1 is 1.10 bits per heavy atom. The first kappa shape index (κ1) is 16.4. The topological polar surface area (TPSA) is 12.0 Å². The lowest BCUT2D eigenvalue weighted by atomic mass is 9.72. The third-order valence-electron chi connectivity index (χ3n) is 4.78. The summed E-state index contributed by atoms with van der Waals surface area (Å²) in [6, 6.07) is 4.02. The van der Waals surface area contributed by atoms with Gasteiger partial charge in [0.2, 0.25) is 0 Å². The standard InChI is InChI=1S/C18H27F2N/c1-3-9-21-18(14-10-15(19)12-16(20)11-14)17-8-6-5-7-13(17)4-2/h10-13,17-18,21H,3-9H2,1-2H3. The molecule has 1 N–H and O–H groups in total. The minimum atomic E-state index is -0.475. The molecule has 1 aromatic rings. The number of benzene rings is 1. The zero-order chi connectivity index (χ0) is 15.2. The molecule has 0 aromatic heterocycles. The van der Waals surface area contributed by atoms with E-state index in [-0.39, 0.29) is 6.04 Å². The minimum absolute atomic E-state index is 0.0698. The van der Waals surface area contributed by atoms with Gasteiger partial charge < -0.3 is 5.32 Å². The van der Waals surface area contributed by atoms with E-state index >= 15 is 0 Å². The van der Waals surface area contributed by atoms with Crippen LogP contribution in [-0.4, -0.2) is 6.54 Å². The first-order chi connectivity index (χ1) is 10.2. The second-order valence-corrected chi connectivity index (χ2v) is 6.25. The van der Waals surface area contributed by atoms with Gasteiger partial charge in [0.15, 0.2) is 0 Å². The summed E-state index contributed by atoms with van der Waals surface area (Å²) in [5, 5.41) is 3.54. The molecule has 0 saturated heterocycles. The Bertz CT molecular complexity index is 427. The number of hydrogen-bond acceptors (Lipinski definition) is 1. The van der Waals surface area contributed by atoms with Gasteiger partial charge in [-0.25, -0.2) is 8.78 Å². The monoisotopic (exact) mass is 295 g/mol.